The van der Waals surface area contributed by atoms with Crippen LogP contribution in [0, 0.1) is 0 Å². The SMILES string of the molecule is NC(N)=Nc1nc2c(s1)CN(C(=O)NC1CC1)CC2. The summed E-state index contributed by atoms with van der Waals surface area (Å²) in [6.45, 7) is 1.28. The molecule has 2 amide bonds. The average Bonchev–Trinajstić information content (AvgIpc) is 3.06. The first kappa shape index (κ1) is 12.2. The van der Waals surface area contributed by atoms with Crippen LogP contribution >= 0.6 is 11.3 Å². The smallest absolute Gasteiger partial charge is 0.317 e. The Morgan fingerprint density at radius 3 is 2.95 bits per heavy atom. The van der Waals surface area contributed by atoms with E-state index in [1.807, 2.05) is 4.90 Å². The van der Waals surface area contributed by atoms with E-state index in [1.165, 1.54) is 11.3 Å². The Morgan fingerprint density at radius 1 is 1.47 bits per heavy atom. The minimum Gasteiger partial charge on any atom is -0.370 e. The molecule has 1 aliphatic heterocycles. The second-order valence-corrected chi connectivity index (χ2v) is 5.86. The van der Waals surface area contributed by atoms with Crippen LogP contribution in [0.3, 0.4) is 0 Å². The highest BCUT2D eigenvalue weighted by Crippen LogP contribution is 2.30. The van der Waals surface area contributed by atoms with Gasteiger partial charge in [-0.2, -0.15) is 4.99 Å². The molecule has 0 aromatic carbocycles. The van der Waals surface area contributed by atoms with Crippen molar-refractivity contribution >= 4 is 28.5 Å². The molecule has 8 heteroatoms. The lowest BCUT2D eigenvalue weighted by Gasteiger charge is -2.26. The number of carbonyl (C=O) groups excluding carboxylic acids is 1. The molecule has 1 aromatic rings. The number of aliphatic imine (C=N–C) groups is 1. The van der Waals surface area contributed by atoms with Gasteiger partial charge in [0.05, 0.1) is 12.2 Å². The van der Waals surface area contributed by atoms with Crippen LogP contribution in [0.4, 0.5) is 9.93 Å². The fraction of sp³-hybridized carbons (Fsp3) is 0.545. The van der Waals surface area contributed by atoms with Gasteiger partial charge in [0.1, 0.15) is 0 Å². The molecule has 102 valence electrons. The van der Waals surface area contributed by atoms with Gasteiger partial charge in [0.25, 0.3) is 0 Å². The van der Waals surface area contributed by atoms with Gasteiger partial charge in [0, 0.05) is 23.9 Å². The summed E-state index contributed by atoms with van der Waals surface area (Å²) in [5.74, 6) is 0.00873. The number of aromatic nitrogens is 1. The molecular weight excluding hydrogens is 264 g/mol. The molecule has 1 saturated carbocycles. The normalized spacial score (nSPS) is 17.8. The number of amides is 2. The molecule has 2 aliphatic rings. The van der Waals surface area contributed by atoms with Gasteiger partial charge in [-0.15, -0.1) is 0 Å². The van der Waals surface area contributed by atoms with Gasteiger partial charge < -0.3 is 21.7 Å². The molecule has 0 bridgehead atoms. The number of fused-ring (bicyclic) bond motifs is 1. The van der Waals surface area contributed by atoms with Crippen molar-refractivity contribution < 1.29 is 4.79 Å². The standard InChI is InChI=1S/C11H16N6OS/c12-9(13)16-10-15-7-3-4-17(5-8(7)19-10)11(18)14-6-1-2-6/h6H,1-5H2,(H,14,18)(H4,12,13,15,16). The molecule has 5 N–H and O–H groups in total. The number of nitrogens with zero attached hydrogens (tertiary/aromatic N) is 3. The van der Waals surface area contributed by atoms with E-state index in [-0.39, 0.29) is 12.0 Å². The molecule has 0 unspecified atom stereocenters. The van der Waals surface area contributed by atoms with Crippen molar-refractivity contribution in [2.24, 2.45) is 16.5 Å². The lowest BCUT2D eigenvalue weighted by Crippen LogP contribution is -2.43. The van der Waals surface area contributed by atoms with Gasteiger partial charge in [-0.3, -0.25) is 0 Å². The quantitative estimate of drug-likeness (QED) is 0.534. The maximum Gasteiger partial charge on any atom is 0.317 e. The number of thiazole rings is 1. The summed E-state index contributed by atoms with van der Waals surface area (Å²) in [5, 5.41) is 3.56. The zero-order valence-corrected chi connectivity index (χ0v) is 11.2. The van der Waals surface area contributed by atoms with Gasteiger partial charge >= 0.3 is 6.03 Å². The van der Waals surface area contributed by atoms with Crippen molar-refractivity contribution in [3.8, 4) is 0 Å². The number of nitrogens with one attached hydrogen (secondary N) is 1. The fourth-order valence-corrected chi connectivity index (χ4v) is 3.02. The second-order valence-electron chi connectivity index (χ2n) is 4.80. The van der Waals surface area contributed by atoms with Crippen molar-refractivity contribution in [3.63, 3.8) is 0 Å². The maximum absolute atomic E-state index is 12.0. The molecule has 7 nitrogen and oxygen atoms in total. The molecule has 19 heavy (non-hydrogen) atoms. The van der Waals surface area contributed by atoms with Crippen LogP contribution < -0.4 is 16.8 Å². The predicted molar refractivity (Wildman–Crippen MR) is 73.3 cm³/mol. The van der Waals surface area contributed by atoms with Crippen LogP contribution in [0.1, 0.15) is 23.4 Å². The van der Waals surface area contributed by atoms with Crippen molar-refractivity contribution in [1.29, 1.82) is 0 Å². The number of urea groups is 1. The molecular formula is C11H16N6OS. The third-order valence-electron chi connectivity index (χ3n) is 3.14. The Kier molecular flexibility index (Phi) is 3.02. The van der Waals surface area contributed by atoms with Gasteiger partial charge in [-0.25, -0.2) is 9.78 Å². The van der Waals surface area contributed by atoms with Gasteiger partial charge in [0.2, 0.25) is 5.13 Å². The predicted octanol–water partition coefficient (Wildman–Crippen LogP) is 0.278. The van der Waals surface area contributed by atoms with E-state index in [4.69, 9.17) is 11.5 Å². The summed E-state index contributed by atoms with van der Waals surface area (Å²) in [6.07, 6.45) is 2.95. The number of rotatable bonds is 2. The largest absolute Gasteiger partial charge is 0.370 e. The molecule has 0 spiro atoms. The van der Waals surface area contributed by atoms with E-state index < -0.39 is 0 Å². The molecule has 0 atom stereocenters. The van der Waals surface area contributed by atoms with Crippen LogP contribution in [-0.2, 0) is 13.0 Å². The Bertz CT molecular complexity index is 531. The lowest BCUT2D eigenvalue weighted by atomic mass is 10.2. The van der Waals surface area contributed by atoms with Crippen LogP contribution in [0.15, 0.2) is 4.99 Å². The van der Waals surface area contributed by atoms with E-state index in [0.29, 0.717) is 24.3 Å². The summed E-state index contributed by atoms with van der Waals surface area (Å²) < 4.78 is 0. The molecule has 2 heterocycles. The zero-order valence-electron chi connectivity index (χ0n) is 10.4. The van der Waals surface area contributed by atoms with Crippen molar-refractivity contribution in [2.45, 2.75) is 31.8 Å². The highest BCUT2D eigenvalue weighted by atomic mass is 32.1. The molecule has 0 saturated heterocycles. The number of guanidine groups is 1. The van der Waals surface area contributed by atoms with Crippen LogP contribution in [0.25, 0.3) is 0 Å². The van der Waals surface area contributed by atoms with E-state index in [0.717, 1.165) is 29.8 Å². The monoisotopic (exact) mass is 280 g/mol. The Hall–Kier alpha value is -1.83. The molecule has 1 aromatic heterocycles. The minimum absolute atomic E-state index is 0.00873. The van der Waals surface area contributed by atoms with Gasteiger partial charge in [-0.05, 0) is 12.8 Å². The average molecular weight is 280 g/mol. The first-order valence-electron chi connectivity index (χ1n) is 6.25. The number of nitrogens with two attached hydrogens (primary N) is 2. The third-order valence-corrected chi connectivity index (χ3v) is 4.11. The summed E-state index contributed by atoms with van der Waals surface area (Å²) >= 11 is 1.44. The van der Waals surface area contributed by atoms with Crippen molar-refractivity contribution in [2.75, 3.05) is 6.54 Å². The highest BCUT2D eigenvalue weighted by Gasteiger charge is 2.28. The highest BCUT2D eigenvalue weighted by molar-refractivity contribution is 7.15. The Labute approximate surface area is 114 Å². The first-order valence-corrected chi connectivity index (χ1v) is 7.07. The molecule has 3 rings (SSSR count). The van der Waals surface area contributed by atoms with Crippen LogP contribution in [0.5, 0.6) is 0 Å². The lowest BCUT2D eigenvalue weighted by molar-refractivity contribution is 0.192. The van der Waals surface area contributed by atoms with Crippen molar-refractivity contribution in [1.82, 2.24) is 15.2 Å². The van der Waals surface area contributed by atoms with Gasteiger partial charge in [-0.1, -0.05) is 11.3 Å². The third kappa shape index (κ3) is 2.78. The number of carbonyl (C=O) groups is 1. The maximum atomic E-state index is 12.0. The van der Waals surface area contributed by atoms with E-state index in [2.05, 4.69) is 15.3 Å². The van der Waals surface area contributed by atoms with Crippen molar-refractivity contribution in [3.05, 3.63) is 10.6 Å². The van der Waals surface area contributed by atoms with Crippen LogP contribution in [0.2, 0.25) is 0 Å². The summed E-state index contributed by atoms with van der Waals surface area (Å²) in [7, 11) is 0. The first-order chi connectivity index (χ1) is 9.11. The molecule has 1 fully saturated rings. The summed E-state index contributed by atoms with van der Waals surface area (Å²) in [5.41, 5.74) is 11.7. The number of hydrogen-bond donors (Lipinski definition) is 3. The molecule has 1 aliphatic carbocycles. The number of hydrogen-bond acceptors (Lipinski definition) is 4. The topological polar surface area (TPSA) is 110 Å². The second kappa shape index (κ2) is 4.69. The van der Waals surface area contributed by atoms with E-state index in [1.54, 1.807) is 0 Å². The van der Waals surface area contributed by atoms with E-state index in [9.17, 15) is 4.79 Å². The minimum atomic E-state index is 0.00873. The fourth-order valence-electron chi connectivity index (χ4n) is 2.01. The van der Waals surface area contributed by atoms with E-state index >= 15 is 0 Å². The Morgan fingerprint density at radius 2 is 2.26 bits per heavy atom. The Balaban J connectivity index is 1.70. The molecule has 0 radical (unpaired) electrons. The summed E-state index contributed by atoms with van der Waals surface area (Å²) in [6, 6.07) is 0.400. The summed E-state index contributed by atoms with van der Waals surface area (Å²) in [4.78, 5) is 23.2. The van der Waals surface area contributed by atoms with Gasteiger partial charge in [0.15, 0.2) is 5.96 Å². The van der Waals surface area contributed by atoms with Crippen LogP contribution in [-0.4, -0.2) is 34.5 Å². The zero-order chi connectivity index (χ0) is 13.4.